The molecule has 0 unspecified atom stereocenters. The molecule has 1 aliphatic heterocycles. The topological polar surface area (TPSA) is 79.3 Å². The Balaban J connectivity index is 1.63. The minimum absolute atomic E-state index is 0.232. The maximum atomic E-state index is 11.8. The third kappa shape index (κ3) is 2.25. The Bertz CT molecular complexity index is 811. The van der Waals surface area contributed by atoms with E-state index < -0.39 is 0 Å². The van der Waals surface area contributed by atoms with E-state index in [2.05, 4.69) is 26.7 Å². The number of aryl methyl sites for hydroxylation is 1. The first-order valence-corrected chi connectivity index (χ1v) is 7.66. The van der Waals surface area contributed by atoms with Crippen molar-refractivity contribution in [3.8, 4) is 0 Å². The summed E-state index contributed by atoms with van der Waals surface area (Å²) in [4.78, 5) is 25.3. The lowest BCUT2D eigenvalue weighted by molar-refractivity contribution is 0.0994. The van der Waals surface area contributed by atoms with Crippen molar-refractivity contribution in [3.63, 3.8) is 0 Å². The van der Waals surface area contributed by atoms with Crippen LogP contribution in [0.15, 0.2) is 24.3 Å². The first kappa shape index (κ1) is 13.8. The minimum Gasteiger partial charge on any atom is -0.341 e. The summed E-state index contributed by atoms with van der Waals surface area (Å²) in [5.74, 6) is 1.70. The Morgan fingerprint density at radius 2 is 2.09 bits per heavy atom. The molecule has 0 atom stereocenters. The lowest BCUT2D eigenvalue weighted by Gasteiger charge is -2.18. The van der Waals surface area contributed by atoms with Crippen LogP contribution in [-0.4, -0.2) is 35.2 Å². The number of hydrogen-bond acceptors (Lipinski definition) is 4. The van der Waals surface area contributed by atoms with Crippen molar-refractivity contribution < 1.29 is 9.59 Å². The molecule has 1 aromatic heterocycles. The number of fused-ring (bicyclic) bond motifs is 2. The molecule has 0 saturated carbocycles. The van der Waals surface area contributed by atoms with Gasteiger partial charge in [0.2, 0.25) is 0 Å². The average molecular weight is 311 g/mol. The molecule has 2 heterocycles. The van der Waals surface area contributed by atoms with Gasteiger partial charge in [0.1, 0.15) is 5.82 Å². The number of urea groups is 1. The van der Waals surface area contributed by atoms with Gasteiger partial charge in [0.05, 0.1) is 6.54 Å². The van der Waals surface area contributed by atoms with Gasteiger partial charge >= 0.3 is 6.03 Å². The molecule has 0 bridgehead atoms. The van der Waals surface area contributed by atoms with E-state index in [0.717, 1.165) is 42.1 Å². The molecular formula is C16H17N5O2. The monoisotopic (exact) mass is 311 g/mol. The maximum Gasteiger partial charge on any atom is 0.320 e. The summed E-state index contributed by atoms with van der Waals surface area (Å²) in [6, 6.07) is 7.57. The highest BCUT2D eigenvalue weighted by Gasteiger charge is 2.26. The predicted octanol–water partition coefficient (Wildman–Crippen LogP) is 1.92. The van der Waals surface area contributed by atoms with Crippen molar-refractivity contribution in [2.45, 2.75) is 19.4 Å². The van der Waals surface area contributed by atoms with Crippen molar-refractivity contribution in [1.29, 1.82) is 0 Å². The Morgan fingerprint density at radius 3 is 2.91 bits per heavy atom. The van der Waals surface area contributed by atoms with Crippen LogP contribution < -0.4 is 15.5 Å². The van der Waals surface area contributed by atoms with E-state index in [1.54, 1.807) is 7.05 Å². The number of hydrogen-bond donors (Lipinski definition) is 2. The standard InChI is InChI=1S/C16H17N5O2/c1-17-16(23)18-14-9-15-20(6-7-21(15)19-14)11-3-4-12-10(8-11)2-5-13(12)22/h3-4,8-9H,2,5-7H2,1H3,(H2,17,18,19,23). The zero-order valence-corrected chi connectivity index (χ0v) is 12.8. The van der Waals surface area contributed by atoms with Gasteiger partial charge in [-0.25, -0.2) is 9.48 Å². The van der Waals surface area contributed by atoms with Gasteiger partial charge in [0, 0.05) is 37.3 Å². The molecule has 1 aromatic carbocycles. The molecule has 2 aromatic rings. The predicted molar refractivity (Wildman–Crippen MR) is 86.4 cm³/mol. The Labute approximate surface area is 133 Å². The average Bonchev–Trinajstić information content (AvgIpc) is 3.21. The number of amides is 2. The lowest BCUT2D eigenvalue weighted by atomic mass is 10.1. The first-order valence-electron chi connectivity index (χ1n) is 7.66. The summed E-state index contributed by atoms with van der Waals surface area (Å²) >= 11 is 0. The molecule has 2 aliphatic rings. The fraction of sp³-hybridized carbons (Fsp3) is 0.312. The lowest BCUT2D eigenvalue weighted by Crippen LogP contribution is -2.24. The van der Waals surface area contributed by atoms with Gasteiger partial charge in [-0.2, -0.15) is 5.10 Å². The number of ketones is 1. The van der Waals surface area contributed by atoms with Gasteiger partial charge in [-0.3, -0.25) is 10.1 Å². The molecule has 23 heavy (non-hydrogen) atoms. The third-order valence-corrected chi connectivity index (χ3v) is 4.36. The molecule has 1 aliphatic carbocycles. The Hall–Kier alpha value is -2.83. The van der Waals surface area contributed by atoms with E-state index in [9.17, 15) is 9.59 Å². The highest BCUT2D eigenvalue weighted by atomic mass is 16.2. The van der Waals surface area contributed by atoms with Gasteiger partial charge in [-0.15, -0.1) is 0 Å². The summed E-state index contributed by atoms with van der Waals surface area (Å²) in [6.45, 7) is 1.59. The zero-order valence-electron chi connectivity index (χ0n) is 12.8. The smallest absolute Gasteiger partial charge is 0.320 e. The number of Topliss-reactive ketones (excluding diaryl/α,β-unsaturated/α-hetero) is 1. The third-order valence-electron chi connectivity index (χ3n) is 4.36. The van der Waals surface area contributed by atoms with Gasteiger partial charge in [0.15, 0.2) is 11.6 Å². The number of carbonyl (C=O) groups is 2. The molecule has 2 N–H and O–H groups in total. The number of benzene rings is 1. The van der Waals surface area contributed by atoms with Crippen LogP contribution in [0.3, 0.4) is 0 Å². The van der Waals surface area contributed by atoms with E-state index >= 15 is 0 Å². The summed E-state index contributed by atoms with van der Waals surface area (Å²) in [5, 5.41) is 9.58. The molecule has 0 saturated heterocycles. The summed E-state index contributed by atoms with van der Waals surface area (Å²) in [7, 11) is 1.57. The minimum atomic E-state index is -0.288. The molecule has 2 amide bonds. The van der Waals surface area contributed by atoms with Crippen molar-refractivity contribution in [2.24, 2.45) is 0 Å². The second kappa shape index (κ2) is 5.12. The van der Waals surface area contributed by atoms with Crippen LogP contribution in [0.5, 0.6) is 0 Å². The van der Waals surface area contributed by atoms with Crippen LogP contribution >= 0.6 is 0 Å². The number of anilines is 3. The number of carbonyl (C=O) groups excluding carboxylic acids is 2. The second-order valence-corrected chi connectivity index (χ2v) is 5.73. The summed E-state index contributed by atoms with van der Waals surface area (Å²) in [5.41, 5.74) is 3.03. The van der Waals surface area contributed by atoms with Crippen molar-refractivity contribution in [1.82, 2.24) is 15.1 Å². The van der Waals surface area contributed by atoms with Crippen LogP contribution in [0.2, 0.25) is 0 Å². The van der Waals surface area contributed by atoms with E-state index in [4.69, 9.17) is 0 Å². The fourth-order valence-electron chi connectivity index (χ4n) is 3.21. The van der Waals surface area contributed by atoms with Gasteiger partial charge in [-0.05, 0) is 30.2 Å². The SMILES string of the molecule is CNC(=O)Nc1cc2n(n1)CCN2c1ccc2c(c1)CCC2=O. The molecule has 0 radical (unpaired) electrons. The van der Waals surface area contributed by atoms with Crippen LogP contribution in [-0.2, 0) is 13.0 Å². The summed E-state index contributed by atoms with van der Waals surface area (Å²) in [6.07, 6.45) is 1.43. The fourth-order valence-corrected chi connectivity index (χ4v) is 3.21. The van der Waals surface area contributed by atoms with Gasteiger partial charge in [-0.1, -0.05) is 0 Å². The molecule has 7 nitrogen and oxygen atoms in total. The maximum absolute atomic E-state index is 11.8. The van der Waals surface area contributed by atoms with E-state index in [0.29, 0.717) is 12.2 Å². The van der Waals surface area contributed by atoms with Crippen LogP contribution in [0, 0.1) is 0 Å². The number of nitrogens with zero attached hydrogens (tertiary/aromatic N) is 3. The summed E-state index contributed by atoms with van der Waals surface area (Å²) < 4.78 is 1.88. The van der Waals surface area contributed by atoms with Crippen LogP contribution in [0.4, 0.5) is 22.1 Å². The van der Waals surface area contributed by atoms with Gasteiger partial charge < -0.3 is 10.2 Å². The van der Waals surface area contributed by atoms with E-state index in [-0.39, 0.29) is 11.8 Å². The highest BCUT2D eigenvalue weighted by molar-refractivity contribution is 6.01. The largest absolute Gasteiger partial charge is 0.341 e. The molecule has 0 fully saturated rings. The second-order valence-electron chi connectivity index (χ2n) is 5.73. The first-order chi connectivity index (χ1) is 11.2. The molecular weight excluding hydrogens is 294 g/mol. The normalized spacial score (nSPS) is 15.5. The Kier molecular flexibility index (Phi) is 3.07. The quantitative estimate of drug-likeness (QED) is 0.888. The number of aromatic nitrogens is 2. The van der Waals surface area contributed by atoms with Crippen LogP contribution in [0.1, 0.15) is 22.3 Å². The molecule has 7 heteroatoms. The van der Waals surface area contributed by atoms with Gasteiger partial charge in [0.25, 0.3) is 0 Å². The van der Waals surface area contributed by atoms with E-state index in [1.165, 1.54) is 0 Å². The highest BCUT2D eigenvalue weighted by Crippen LogP contribution is 2.34. The Morgan fingerprint density at radius 1 is 1.22 bits per heavy atom. The molecule has 4 rings (SSSR count). The van der Waals surface area contributed by atoms with Crippen molar-refractivity contribution >= 4 is 29.1 Å². The number of rotatable bonds is 2. The van der Waals surface area contributed by atoms with Crippen molar-refractivity contribution in [2.75, 3.05) is 23.8 Å². The van der Waals surface area contributed by atoms with Crippen LogP contribution in [0.25, 0.3) is 0 Å². The molecule has 118 valence electrons. The zero-order chi connectivity index (χ0) is 16.0. The van der Waals surface area contributed by atoms with Crippen molar-refractivity contribution in [3.05, 3.63) is 35.4 Å². The van der Waals surface area contributed by atoms with E-state index in [1.807, 2.05) is 22.9 Å². The molecule has 0 spiro atoms. The number of nitrogens with one attached hydrogen (secondary N) is 2.